The number of nitrogens with zero attached hydrogens (tertiary/aromatic N) is 5. The molecule has 3 aromatic heterocycles. The van der Waals surface area contributed by atoms with Gasteiger partial charge in [0.2, 0.25) is 0 Å². The Hall–Kier alpha value is -4.57. The summed E-state index contributed by atoms with van der Waals surface area (Å²) in [6, 6.07) is 12.9. The molecule has 0 radical (unpaired) electrons. The van der Waals surface area contributed by atoms with Gasteiger partial charge in [-0.1, -0.05) is 42.5 Å². The lowest BCUT2D eigenvalue weighted by molar-refractivity contribution is 0.0951. The number of anilines is 1. The third-order valence-corrected chi connectivity index (χ3v) is 6.15. The molecule has 0 saturated heterocycles. The molecule has 0 bridgehead atoms. The van der Waals surface area contributed by atoms with Crippen molar-refractivity contribution < 1.29 is 14.3 Å². The second kappa shape index (κ2) is 8.33. The third kappa shape index (κ3) is 3.69. The quantitative estimate of drug-likeness (QED) is 0.335. The van der Waals surface area contributed by atoms with Crippen LogP contribution in [0.15, 0.2) is 71.8 Å². The Labute approximate surface area is 199 Å². The summed E-state index contributed by atoms with van der Waals surface area (Å²) in [4.78, 5) is 25.3. The van der Waals surface area contributed by atoms with Gasteiger partial charge in [0, 0.05) is 18.5 Å². The van der Waals surface area contributed by atoms with Gasteiger partial charge >= 0.3 is 0 Å². The molecule has 10 nitrogen and oxygen atoms in total. The first-order valence-electron chi connectivity index (χ1n) is 11.1. The summed E-state index contributed by atoms with van der Waals surface area (Å²) in [7, 11) is 0. The first kappa shape index (κ1) is 21.0. The second-order valence-corrected chi connectivity index (χ2v) is 8.39. The molecule has 0 saturated carbocycles. The number of benzene rings is 2. The molecule has 1 aliphatic rings. The van der Waals surface area contributed by atoms with E-state index in [9.17, 15) is 9.90 Å². The van der Waals surface area contributed by atoms with Crippen LogP contribution >= 0.6 is 0 Å². The monoisotopic (exact) mass is 467 g/mol. The lowest BCUT2D eigenvalue weighted by Gasteiger charge is -2.10. The van der Waals surface area contributed by atoms with E-state index in [1.165, 1.54) is 12.7 Å². The molecule has 2 aromatic carbocycles. The van der Waals surface area contributed by atoms with Crippen LogP contribution in [0.5, 0.6) is 0 Å². The zero-order valence-electron chi connectivity index (χ0n) is 18.5. The van der Waals surface area contributed by atoms with E-state index < -0.39 is 6.10 Å². The van der Waals surface area contributed by atoms with Gasteiger partial charge in [-0.2, -0.15) is 5.10 Å². The molecule has 10 heteroatoms. The van der Waals surface area contributed by atoms with Gasteiger partial charge in [0.25, 0.3) is 5.91 Å². The number of aliphatic hydroxyl groups is 1. The maximum absolute atomic E-state index is 12.7. The van der Waals surface area contributed by atoms with Crippen LogP contribution in [0.1, 0.15) is 28.4 Å². The van der Waals surface area contributed by atoms with Crippen molar-refractivity contribution in [3.63, 3.8) is 0 Å². The van der Waals surface area contributed by atoms with E-state index in [1.54, 1.807) is 29.0 Å². The maximum Gasteiger partial charge on any atom is 0.255 e. The fraction of sp³-hybridized carbons (Fsp3) is 0.160. The Morgan fingerprint density at radius 2 is 2.00 bits per heavy atom. The van der Waals surface area contributed by atoms with Crippen LogP contribution < -0.4 is 11.1 Å². The minimum absolute atomic E-state index is 0.112. The first-order chi connectivity index (χ1) is 17.1. The molecule has 2 atom stereocenters. The predicted octanol–water partition coefficient (Wildman–Crippen LogP) is 3.01. The van der Waals surface area contributed by atoms with Crippen molar-refractivity contribution in [2.45, 2.75) is 25.1 Å². The van der Waals surface area contributed by atoms with Crippen LogP contribution in [0.25, 0.3) is 33.4 Å². The highest BCUT2D eigenvalue weighted by Crippen LogP contribution is 2.34. The van der Waals surface area contributed by atoms with Crippen molar-refractivity contribution in [3.05, 3.63) is 78.5 Å². The van der Waals surface area contributed by atoms with Crippen molar-refractivity contribution in [3.8, 4) is 11.3 Å². The van der Waals surface area contributed by atoms with E-state index in [0.29, 0.717) is 52.2 Å². The van der Waals surface area contributed by atoms with Crippen LogP contribution in [0.2, 0.25) is 0 Å². The van der Waals surface area contributed by atoms with E-state index in [1.807, 2.05) is 30.3 Å². The number of carbonyl (C=O) groups excluding carboxylic acids is 1. The van der Waals surface area contributed by atoms with Gasteiger partial charge in [0.15, 0.2) is 17.6 Å². The van der Waals surface area contributed by atoms with Crippen LogP contribution in [0.4, 0.5) is 5.82 Å². The molecule has 6 rings (SSSR count). The number of rotatable bonds is 5. The fourth-order valence-corrected chi connectivity index (χ4v) is 4.39. The normalized spacial score (nSPS) is 17.4. The molecule has 1 amide bonds. The van der Waals surface area contributed by atoms with Crippen molar-refractivity contribution in [2.24, 2.45) is 0 Å². The molecular formula is C25H21N7O3. The summed E-state index contributed by atoms with van der Waals surface area (Å²) < 4.78 is 7.14. The fourth-order valence-electron chi connectivity index (χ4n) is 4.39. The summed E-state index contributed by atoms with van der Waals surface area (Å²) in [6.07, 6.45) is 6.44. The van der Waals surface area contributed by atoms with Gasteiger partial charge in [-0.05, 0) is 17.7 Å². The molecule has 0 spiro atoms. The Balaban J connectivity index is 1.25. The third-order valence-electron chi connectivity index (χ3n) is 6.15. The minimum atomic E-state index is -0.507. The van der Waals surface area contributed by atoms with Gasteiger partial charge in [-0.15, -0.1) is 0 Å². The van der Waals surface area contributed by atoms with E-state index in [4.69, 9.17) is 15.2 Å². The topological polar surface area (TPSA) is 145 Å². The summed E-state index contributed by atoms with van der Waals surface area (Å²) in [5.41, 5.74) is 10.8. The Kier molecular flexibility index (Phi) is 5.00. The number of allylic oxidation sites excluding steroid dienone is 1. The van der Waals surface area contributed by atoms with E-state index in [0.717, 1.165) is 11.1 Å². The summed E-state index contributed by atoms with van der Waals surface area (Å²) in [5.74, 6) is 0.106. The number of aliphatic hydroxyl groups excluding tert-OH is 1. The number of fused-ring (bicyclic) bond motifs is 2. The SMILES string of the molecule is Nc1ncnc2c1c(-c1ccc(CNC(=O)c3cccc4ncoc34)cc1)nn2[C@@H]1C=CC(O)C1. The molecule has 0 aliphatic heterocycles. The zero-order valence-corrected chi connectivity index (χ0v) is 18.5. The van der Waals surface area contributed by atoms with Gasteiger partial charge in [0.05, 0.1) is 23.1 Å². The first-order valence-corrected chi connectivity index (χ1v) is 11.1. The molecule has 174 valence electrons. The molecule has 4 N–H and O–H groups in total. The lowest BCUT2D eigenvalue weighted by Crippen LogP contribution is -2.22. The van der Waals surface area contributed by atoms with Crippen LogP contribution in [-0.2, 0) is 6.54 Å². The summed E-state index contributed by atoms with van der Waals surface area (Å²) >= 11 is 0. The Bertz CT molecular complexity index is 1590. The number of oxazole rings is 1. The number of carbonyl (C=O) groups is 1. The number of hydrogen-bond donors (Lipinski definition) is 3. The van der Waals surface area contributed by atoms with Gasteiger partial charge < -0.3 is 20.6 Å². The van der Waals surface area contributed by atoms with Crippen molar-refractivity contribution in [1.29, 1.82) is 0 Å². The second-order valence-electron chi connectivity index (χ2n) is 8.39. The predicted molar refractivity (Wildman–Crippen MR) is 129 cm³/mol. The summed E-state index contributed by atoms with van der Waals surface area (Å²) in [6.45, 7) is 0.342. The smallest absolute Gasteiger partial charge is 0.255 e. The standard InChI is InChI=1S/C25H21N7O3/c26-23-20-21(31-32(24(20)29-12-28-23)16-8-9-17(33)10-16)15-6-4-14(5-7-15)11-27-25(34)18-2-1-3-19-22(18)35-13-30-19/h1-9,12-13,16-17,33H,10-11H2,(H,27,34)(H2,26,28,29)/t16-,17?/m1/s1. The molecule has 3 heterocycles. The number of amides is 1. The largest absolute Gasteiger partial charge is 0.443 e. The van der Waals surface area contributed by atoms with Crippen LogP contribution in [0.3, 0.4) is 0 Å². The number of nitrogens with one attached hydrogen (secondary N) is 1. The minimum Gasteiger partial charge on any atom is -0.443 e. The highest BCUT2D eigenvalue weighted by atomic mass is 16.3. The highest BCUT2D eigenvalue weighted by Gasteiger charge is 2.25. The molecule has 0 fully saturated rings. The van der Waals surface area contributed by atoms with Gasteiger partial charge in [-0.3, -0.25) is 4.79 Å². The van der Waals surface area contributed by atoms with Gasteiger partial charge in [0.1, 0.15) is 23.4 Å². The van der Waals surface area contributed by atoms with Crippen LogP contribution in [0, 0.1) is 0 Å². The van der Waals surface area contributed by atoms with E-state index in [2.05, 4.69) is 20.3 Å². The molecule has 1 aliphatic carbocycles. The number of para-hydroxylation sites is 1. The number of nitrogen functional groups attached to an aromatic ring is 1. The van der Waals surface area contributed by atoms with Crippen molar-refractivity contribution in [1.82, 2.24) is 30.0 Å². The molecule has 35 heavy (non-hydrogen) atoms. The Morgan fingerprint density at radius 1 is 1.14 bits per heavy atom. The maximum atomic E-state index is 12.7. The van der Waals surface area contributed by atoms with Gasteiger partial charge in [-0.25, -0.2) is 19.6 Å². The Morgan fingerprint density at radius 3 is 2.80 bits per heavy atom. The van der Waals surface area contributed by atoms with E-state index in [-0.39, 0.29) is 11.9 Å². The number of aromatic nitrogens is 5. The zero-order chi connectivity index (χ0) is 23.9. The molecule has 1 unspecified atom stereocenters. The molecular weight excluding hydrogens is 446 g/mol. The van der Waals surface area contributed by atoms with Crippen LogP contribution in [-0.4, -0.2) is 41.9 Å². The van der Waals surface area contributed by atoms with E-state index >= 15 is 0 Å². The summed E-state index contributed by atoms with van der Waals surface area (Å²) in [5, 5.41) is 18.3. The average molecular weight is 467 g/mol. The average Bonchev–Trinajstić information content (AvgIpc) is 3.61. The lowest BCUT2D eigenvalue weighted by atomic mass is 10.1. The van der Waals surface area contributed by atoms with Crippen molar-refractivity contribution in [2.75, 3.05) is 5.73 Å². The number of hydrogen-bond acceptors (Lipinski definition) is 8. The number of nitrogens with two attached hydrogens (primary N) is 1. The molecule has 5 aromatic rings. The van der Waals surface area contributed by atoms with Crippen molar-refractivity contribution >= 4 is 33.9 Å². The highest BCUT2D eigenvalue weighted by molar-refractivity contribution is 6.04.